The molecule has 12 nitrogen and oxygen atoms in total. The molecule has 0 spiro atoms. The van der Waals surface area contributed by atoms with E-state index in [0.29, 0.717) is 22.3 Å². The normalized spacial score (nSPS) is 14.3. The highest BCUT2D eigenvalue weighted by molar-refractivity contribution is 6.37. The van der Waals surface area contributed by atoms with Gasteiger partial charge in [0.15, 0.2) is 0 Å². The summed E-state index contributed by atoms with van der Waals surface area (Å²) in [6.07, 6.45) is 0. The van der Waals surface area contributed by atoms with Crippen LogP contribution in [0.5, 0.6) is 0 Å². The first kappa shape index (κ1) is 42.8. The van der Waals surface area contributed by atoms with Gasteiger partial charge in [-0.1, -0.05) is 72.2 Å². The van der Waals surface area contributed by atoms with E-state index in [1.165, 1.54) is 60.7 Å². The Morgan fingerprint density at radius 2 is 0.472 bits per heavy atom. The van der Waals surface area contributed by atoms with Crippen molar-refractivity contribution < 1.29 is 38.4 Å². The molecule has 338 valence electrons. The molecule has 0 saturated carbocycles. The molecule has 72 heavy (non-hydrogen) atoms. The zero-order chi connectivity index (χ0) is 49.4. The molecule has 0 N–H and O–H groups in total. The zero-order valence-corrected chi connectivity index (χ0v) is 37.4. The zero-order valence-electron chi connectivity index (χ0n) is 37.4. The molecule has 12 heteroatoms. The predicted octanol–water partition coefficient (Wildman–Crippen LogP) is 9.36. The number of fused-ring (bicyclic) bond motifs is 4. The molecular weight excluding hydrogens is 905 g/mol. The van der Waals surface area contributed by atoms with Crippen LogP contribution < -0.4 is 19.6 Å². The van der Waals surface area contributed by atoms with Crippen molar-refractivity contribution >= 4 is 70.0 Å². The van der Waals surface area contributed by atoms with Crippen molar-refractivity contribution in [3.63, 3.8) is 0 Å². The number of hydrogen-bond acceptors (Lipinski definition) is 8. The second kappa shape index (κ2) is 16.6. The lowest BCUT2D eigenvalue weighted by Gasteiger charge is -2.17. The summed E-state index contributed by atoms with van der Waals surface area (Å²) in [6, 6.07) is 49.9. The maximum atomic E-state index is 14.0. The van der Waals surface area contributed by atoms with Gasteiger partial charge < -0.3 is 0 Å². The average molecular weight is 935 g/mol. The van der Waals surface area contributed by atoms with Crippen molar-refractivity contribution in [3.8, 4) is 34.8 Å². The average Bonchev–Trinajstić information content (AvgIpc) is 4.02. The second-order valence-corrected chi connectivity index (χ2v) is 17.1. The van der Waals surface area contributed by atoms with Crippen LogP contribution in [0.2, 0.25) is 0 Å². The van der Waals surface area contributed by atoms with Gasteiger partial charge >= 0.3 is 0 Å². The molecule has 0 atom stereocenters. The Hall–Kier alpha value is -10.6. The van der Waals surface area contributed by atoms with E-state index in [-0.39, 0.29) is 67.3 Å². The van der Waals surface area contributed by atoms with Gasteiger partial charge in [-0.3, -0.25) is 38.4 Å². The molecule has 4 heterocycles. The number of hydrogen-bond donors (Lipinski definition) is 0. The van der Waals surface area contributed by atoms with E-state index < -0.39 is 47.3 Å². The summed E-state index contributed by atoms with van der Waals surface area (Å²) in [5, 5.41) is 0. The summed E-state index contributed by atoms with van der Waals surface area (Å²) in [6.45, 7) is 0. The van der Waals surface area contributed by atoms with E-state index in [4.69, 9.17) is 0 Å². The van der Waals surface area contributed by atoms with Gasteiger partial charge in [-0.15, -0.1) is 0 Å². The van der Waals surface area contributed by atoms with Crippen molar-refractivity contribution in [3.05, 3.63) is 249 Å². The maximum absolute atomic E-state index is 14.0. The minimum atomic E-state index is -0.601. The monoisotopic (exact) mass is 934 g/mol. The molecule has 8 amide bonds. The standard InChI is InChI=1S/C60H30N4O8/c65-53-45-27-15-37(13-11-35-7-3-1-4-8-35)31-49(45)57(69)61(53)41-19-23-43(24-20-41)63-55(67)47-29-17-39(33-51(47)59(63)71)40-18-30-48-52(34-40)60(72)64(56(48)68)44-25-21-42(22-26-44)62-54(66)46-28-16-38(32-50(46)58(62)70)14-12-36-9-5-2-6-10-36/h1-10,15-34H. The lowest BCUT2D eigenvalue weighted by molar-refractivity contribution is 0.0909. The van der Waals surface area contributed by atoms with E-state index in [0.717, 1.165) is 30.7 Å². The van der Waals surface area contributed by atoms with Crippen LogP contribution in [-0.4, -0.2) is 47.3 Å². The lowest BCUT2D eigenvalue weighted by Crippen LogP contribution is -2.30. The highest BCUT2D eigenvalue weighted by Gasteiger charge is 2.41. The van der Waals surface area contributed by atoms with Crippen LogP contribution in [0.3, 0.4) is 0 Å². The van der Waals surface area contributed by atoms with Crippen LogP contribution in [0.15, 0.2) is 182 Å². The largest absolute Gasteiger partial charge is 0.268 e. The highest BCUT2D eigenvalue weighted by Crippen LogP contribution is 2.38. The summed E-state index contributed by atoms with van der Waals surface area (Å²) >= 11 is 0. The van der Waals surface area contributed by atoms with Gasteiger partial charge in [-0.25, -0.2) is 19.6 Å². The van der Waals surface area contributed by atoms with E-state index in [1.54, 1.807) is 60.7 Å². The third kappa shape index (κ3) is 6.91. The van der Waals surface area contributed by atoms with E-state index >= 15 is 0 Å². The molecule has 12 rings (SSSR count). The number of amides is 8. The maximum Gasteiger partial charge on any atom is 0.266 e. The highest BCUT2D eigenvalue weighted by atomic mass is 16.2. The first-order valence-electron chi connectivity index (χ1n) is 22.5. The van der Waals surface area contributed by atoms with E-state index in [9.17, 15) is 38.4 Å². The quantitative estimate of drug-likeness (QED) is 0.122. The van der Waals surface area contributed by atoms with Crippen LogP contribution in [-0.2, 0) is 0 Å². The smallest absolute Gasteiger partial charge is 0.266 e. The summed E-state index contributed by atoms with van der Waals surface area (Å²) in [5.74, 6) is 7.76. The Morgan fingerprint density at radius 3 is 0.778 bits per heavy atom. The van der Waals surface area contributed by atoms with Gasteiger partial charge in [0, 0.05) is 22.3 Å². The van der Waals surface area contributed by atoms with Crippen molar-refractivity contribution in [1.82, 2.24) is 0 Å². The van der Waals surface area contributed by atoms with Gasteiger partial charge in [0.2, 0.25) is 0 Å². The number of carbonyl (C=O) groups is 8. The molecule has 4 aliphatic heterocycles. The van der Waals surface area contributed by atoms with E-state index in [2.05, 4.69) is 23.7 Å². The molecule has 4 aliphatic rings. The summed E-state index contributed by atoms with van der Waals surface area (Å²) in [4.78, 5) is 114. The molecule has 0 aliphatic carbocycles. The van der Waals surface area contributed by atoms with Crippen LogP contribution >= 0.6 is 0 Å². The Bertz CT molecular complexity index is 3680. The first-order chi connectivity index (χ1) is 35.0. The Morgan fingerprint density at radius 1 is 0.222 bits per heavy atom. The number of nitrogens with zero attached hydrogens (tertiary/aromatic N) is 4. The summed E-state index contributed by atoms with van der Waals surface area (Å²) in [5.41, 5.74) is 6.16. The predicted molar refractivity (Wildman–Crippen MR) is 267 cm³/mol. The number of anilines is 4. The Kier molecular flexibility index (Phi) is 9.86. The summed E-state index contributed by atoms with van der Waals surface area (Å²) < 4.78 is 0. The van der Waals surface area contributed by atoms with Gasteiger partial charge in [-0.2, -0.15) is 0 Å². The number of imide groups is 4. The molecule has 0 saturated heterocycles. The topological polar surface area (TPSA) is 150 Å². The number of benzene rings is 8. The van der Waals surface area contributed by atoms with Gasteiger partial charge in [0.05, 0.1) is 67.3 Å². The third-order valence-corrected chi connectivity index (χ3v) is 12.9. The van der Waals surface area contributed by atoms with Gasteiger partial charge in [-0.05, 0) is 145 Å². The number of carbonyl (C=O) groups excluding carboxylic acids is 8. The Labute approximate surface area is 410 Å². The molecule has 0 bridgehead atoms. The van der Waals surface area contributed by atoms with Crippen molar-refractivity contribution in [2.45, 2.75) is 0 Å². The molecule has 8 aromatic carbocycles. The van der Waals surface area contributed by atoms with Gasteiger partial charge in [0.1, 0.15) is 0 Å². The van der Waals surface area contributed by atoms with Crippen LogP contribution in [0, 0.1) is 23.7 Å². The molecule has 8 aromatic rings. The minimum absolute atomic E-state index is 0.118. The minimum Gasteiger partial charge on any atom is -0.268 e. The van der Waals surface area contributed by atoms with Crippen LogP contribution in [0.25, 0.3) is 11.1 Å². The van der Waals surface area contributed by atoms with Gasteiger partial charge in [0.25, 0.3) is 47.3 Å². The third-order valence-electron chi connectivity index (χ3n) is 12.9. The second-order valence-electron chi connectivity index (χ2n) is 17.1. The van der Waals surface area contributed by atoms with Crippen LogP contribution in [0.4, 0.5) is 22.7 Å². The van der Waals surface area contributed by atoms with Crippen LogP contribution in [0.1, 0.15) is 105 Å². The molecular formula is C60H30N4O8. The molecule has 0 aromatic heterocycles. The fourth-order valence-electron chi connectivity index (χ4n) is 9.25. The van der Waals surface area contributed by atoms with Crippen molar-refractivity contribution in [2.75, 3.05) is 19.6 Å². The van der Waals surface area contributed by atoms with Crippen molar-refractivity contribution in [2.24, 2.45) is 0 Å². The molecule has 0 unspecified atom stereocenters. The first-order valence-corrected chi connectivity index (χ1v) is 22.5. The van der Waals surface area contributed by atoms with E-state index in [1.807, 2.05) is 60.7 Å². The van der Waals surface area contributed by atoms with Crippen molar-refractivity contribution in [1.29, 1.82) is 0 Å². The Balaban J connectivity index is 0.738. The number of rotatable bonds is 5. The SMILES string of the molecule is O=C1c2ccc(C#Cc3ccccc3)cc2C(=O)N1c1ccc(N2C(=O)c3ccc(-c4ccc5c(c4)C(=O)N(c4ccc(N6C(=O)c7ccc(C#Cc8ccccc8)cc7C6=O)cc4)C5=O)cc3C2=O)cc1. The summed E-state index contributed by atoms with van der Waals surface area (Å²) in [7, 11) is 0. The molecule has 0 fully saturated rings. The fraction of sp³-hybridized carbons (Fsp3) is 0. The fourth-order valence-corrected chi connectivity index (χ4v) is 9.25. The molecule has 0 radical (unpaired) electrons. The lowest BCUT2D eigenvalue weighted by atomic mass is 9.97.